The number of esters is 1. The number of ether oxygens (including phenoxy) is 2. The number of hydrogen-bond donors (Lipinski definition) is 0. The normalized spacial score (nSPS) is 22.8. The molecule has 36 heavy (non-hydrogen) atoms. The van der Waals surface area contributed by atoms with Crippen LogP contribution in [-0.4, -0.2) is 34.6 Å². The van der Waals surface area contributed by atoms with Gasteiger partial charge in [-0.1, -0.05) is 52.8 Å². The molecule has 2 aromatic carbocycles. The Balaban J connectivity index is 1.93. The van der Waals surface area contributed by atoms with Gasteiger partial charge in [0, 0.05) is 11.1 Å². The molecule has 0 aromatic heterocycles. The SMILES string of the molecule is CCOC(=O)C1N(C(=O)c2cccc(F)c2)C(=S)OC1(C)c1cc(C(C)(C)C)cc2c1CCC2(C)C. The molecule has 2 atom stereocenters. The molecule has 7 heteroatoms. The molecule has 0 radical (unpaired) electrons. The summed E-state index contributed by atoms with van der Waals surface area (Å²) in [5.41, 5.74) is 2.88. The largest absolute Gasteiger partial charge is 0.464 e. The molecule has 1 fully saturated rings. The van der Waals surface area contributed by atoms with Crippen LogP contribution >= 0.6 is 12.2 Å². The summed E-state index contributed by atoms with van der Waals surface area (Å²) in [4.78, 5) is 28.2. The Kier molecular flexibility index (Phi) is 6.53. The molecule has 0 spiro atoms. The molecule has 0 bridgehead atoms. The van der Waals surface area contributed by atoms with Crippen LogP contribution in [0.15, 0.2) is 36.4 Å². The number of halogens is 1. The van der Waals surface area contributed by atoms with Gasteiger partial charge in [-0.2, -0.15) is 0 Å². The second-order valence-corrected chi connectivity index (χ2v) is 11.8. The van der Waals surface area contributed by atoms with Crippen molar-refractivity contribution in [2.75, 3.05) is 6.61 Å². The molecule has 1 aliphatic carbocycles. The molecule has 1 amide bonds. The Hall–Kier alpha value is -2.80. The van der Waals surface area contributed by atoms with Gasteiger partial charge < -0.3 is 9.47 Å². The second-order valence-electron chi connectivity index (χ2n) is 11.5. The van der Waals surface area contributed by atoms with Crippen LogP contribution < -0.4 is 0 Å². The zero-order chi connectivity index (χ0) is 26.6. The van der Waals surface area contributed by atoms with Crippen molar-refractivity contribution < 1.29 is 23.5 Å². The number of hydrogen-bond acceptors (Lipinski definition) is 5. The molecule has 2 aromatic rings. The van der Waals surface area contributed by atoms with E-state index in [9.17, 15) is 14.0 Å². The van der Waals surface area contributed by atoms with Crippen LogP contribution in [0.4, 0.5) is 4.39 Å². The van der Waals surface area contributed by atoms with Crippen LogP contribution in [0, 0.1) is 5.82 Å². The zero-order valence-corrected chi connectivity index (χ0v) is 22.8. The second kappa shape index (κ2) is 8.94. The number of carbonyl (C=O) groups excluding carboxylic acids is 2. The Morgan fingerprint density at radius 1 is 1.17 bits per heavy atom. The van der Waals surface area contributed by atoms with E-state index in [1.807, 2.05) is 0 Å². The molecule has 0 saturated carbocycles. The summed E-state index contributed by atoms with van der Waals surface area (Å²) < 4.78 is 25.7. The van der Waals surface area contributed by atoms with Crippen LogP contribution in [-0.2, 0) is 37.1 Å². The van der Waals surface area contributed by atoms with Gasteiger partial charge in [0.25, 0.3) is 11.1 Å². The summed E-state index contributed by atoms with van der Waals surface area (Å²) in [6.07, 6.45) is 1.78. The van der Waals surface area contributed by atoms with E-state index in [1.165, 1.54) is 23.8 Å². The number of rotatable bonds is 4. The fraction of sp³-hybridized carbons (Fsp3) is 0.483. The highest BCUT2D eigenvalue weighted by Crippen LogP contribution is 2.49. The van der Waals surface area contributed by atoms with Crippen LogP contribution in [0.25, 0.3) is 0 Å². The van der Waals surface area contributed by atoms with E-state index in [-0.39, 0.29) is 28.2 Å². The fourth-order valence-corrected chi connectivity index (χ4v) is 5.71. The van der Waals surface area contributed by atoms with Crippen molar-refractivity contribution in [2.24, 2.45) is 0 Å². The van der Waals surface area contributed by atoms with Crippen LogP contribution in [0.5, 0.6) is 0 Å². The minimum absolute atomic E-state index is 0.0443. The first kappa shape index (κ1) is 26.3. The van der Waals surface area contributed by atoms with Gasteiger partial charge in [0.05, 0.1) is 6.61 Å². The van der Waals surface area contributed by atoms with Crippen molar-refractivity contribution in [2.45, 2.75) is 83.8 Å². The van der Waals surface area contributed by atoms with Gasteiger partial charge in [-0.15, -0.1) is 0 Å². The van der Waals surface area contributed by atoms with Gasteiger partial charge in [0.15, 0.2) is 11.6 Å². The Morgan fingerprint density at radius 2 is 1.83 bits per heavy atom. The predicted octanol–water partition coefficient (Wildman–Crippen LogP) is 5.95. The maximum Gasteiger partial charge on any atom is 0.333 e. The number of amides is 1. The molecule has 0 N–H and O–H groups in total. The summed E-state index contributed by atoms with van der Waals surface area (Å²) >= 11 is 5.54. The first-order valence-electron chi connectivity index (χ1n) is 12.4. The topological polar surface area (TPSA) is 55.8 Å². The molecular weight excluding hydrogens is 477 g/mol. The van der Waals surface area contributed by atoms with E-state index in [1.54, 1.807) is 13.8 Å². The predicted molar refractivity (Wildman–Crippen MR) is 141 cm³/mol. The average Bonchev–Trinajstić information content (AvgIpc) is 3.25. The average molecular weight is 512 g/mol. The minimum atomic E-state index is -1.28. The third kappa shape index (κ3) is 4.32. The number of nitrogens with zero attached hydrogens (tertiary/aromatic N) is 1. The lowest BCUT2D eigenvalue weighted by Crippen LogP contribution is -2.51. The van der Waals surface area contributed by atoms with Crippen LogP contribution in [0.1, 0.15) is 87.5 Å². The lowest BCUT2D eigenvalue weighted by Gasteiger charge is -2.34. The molecular formula is C29H34FNO4S. The van der Waals surface area contributed by atoms with Gasteiger partial charge in [0.1, 0.15) is 5.82 Å². The van der Waals surface area contributed by atoms with Crippen LogP contribution in [0.3, 0.4) is 0 Å². The third-order valence-corrected chi connectivity index (χ3v) is 7.74. The summed E-state index contributed by atoms with van der Waals surface area (Å²) in [5, 5.41) is -0.128. The van der Waals surface area contributed by atoms with Crippen molar-refractivity contribution in [3.05, 3.63) is 70.0 Å². The monoisotopic (exact) mass is 511 g/mol. The van der Waals surface area contributed by atoms with Gasteiger partial charge in [0.2, 0.25) is 0 Å². The zero-order valence-electron chi connectivity index (χ0n) is 22.0. The van der Waals surface area contributed by atoms with E-state index in [4.69, 9.17) is 21.7 Å². The lowest BCUT2D eigenvalue weighted by molar-refractivity contribution is -0.151. The van der Waals surface area contributed by atoms with Crippen molar-refractivity contribution in [1.29, 1.82) is 0 Å². The highest BCUT2D eigenvalue weighted by molar-refractivity contribution is 7.80. The van der Waals surface area contributed by atoms with Crippen LogP contribution in [0.2, 0.25) is 0 Å². The van der Waals surface area contributed by atoms with Crippen molar-refractivity contribution in [1.82, 2.24) is 4.90 Å². The molecule has 1 heterocycles. The fourth-order valence-electron chi connectivity index (χ4n) is 5.35. The van der Waals surface area contributed by atoms with Gasteiger partial charge in [-0.3, -0.25) is 9.69 Å². The van der Waals surface area contributed by atoms with Gasteiger partial charge in [-0.05, 0) is 84.6 Å². The first-order chi connectivity index (χ1) is 16.7. The molecule has 1 saturated heterocycles. The van der Waals surface area contributed by atoms with Crippen molar-refractivity contribution in [3.63, 3.8) is 0 Å². The summed E-state index contributed by atoms with van der Waals surface area (Å²) in [6.45, 7) is 14.5. The molecule has 4 rings (SSSR count). The third-order valence-electron chi connectivity index (χ3n) is 7.46. The Morgan fingerprint density at radius 3 is 2.44 bits per heavy atom. The minimum Gasteiger partial charge on any atom is -0.464 e. The first-order valence-corrected chi connectivity index (χ1v) is 12.8. The number of benzene rings is 2. The smallest absolute Gasteiger partial charge is 0.333 e. The lowest BCUT2D eigenvalue weighted by atomic mass is 9.76. The molecule has 5 nitrogen and oxygen atoms in total. The van der Waals surface area contributed by atoms with Gasteiger partial charge >= 0.3 is 5.97 Å². The van der Waals surface area contributed by atoms with Crippen molar-refractivity contribution in [3.8, 4) is 0 Å². The highest BCUT2D eigenvalue weighted by atomic mass is 32.1. The van der Waals surface area contributed by atoms with E-state index < -0.39 is 29.3 Å². The van der Waals surface area contributed by atoms with E-state index in [2.05, 4.69) is 46.8 Å². The Labute approximate surface area is 218 Å². The molecule has 2 aliphatic rings. The summed E-state index contributed by atoms with van der Waals surface area (Å²) in [7, 11) is 0. The van der Waals surface area contributed by atoms with E-state index in [0.717, 1.165) is 40.5 Å². The quantitative estimate of drug-likeness (QED) is 0.375. The van der Waals surface area contributed by atoms with E-state index in [0.29, 0.717) is 0 Å². The number of thiocarbonyl (C=S) groups is 1. The maximum atomic E-state index is 14.0. The number of carbonyl (C=O) groups is 2. The summed E-state index contributed by atoms with van der Waals surface area (Å²) in [5.74, 6) is -1.78. The Bertz CT molecular complexity index is 1250. The maximum absolute atomic E-state index is 14.0. The number of fused-ring (bicyclic) bond motifs is 1. The van der Waals surface area contributed by atoms with E-state index >= 15 is 0 Å². The molecule has 1 aliphatic heterocycles. The highest BCUT2D eigenvalue weighted by Gasteiger charge is 2.58. The standard InChI is InChI=1S/C29H34FNO4S/c1-8-34-25(33)23-29(7,35-26(36)31(23)24(32)17-10-9-11-19(30)14-17)22-16-18(27(2,3)4)15-21-20(22)12-13-28(21,5)6/h9-11,14-16,23H,8,12-13H2,1-7H3. The molecule has 2 unspecified atom stereocenters. The molecule has 192 valence electrons. The summed E-state index contributed by atoms with van der Waals surface area (Å²) in [6, 6.07) is 8.51. The van der Waals surface area contributed by atoms with Crippen molar-refractivity contribution >= 4 is 29.3 Å². The van der Waals surface area contributed by atoms with Gasteiger partial charge in [-0.25, -0.2) is 9.18 Å².